The van der Waals surface area contributed by atoms with E-state index in [-0.39, 0.29) is 0 Å². The van der Waals surface area contributed by atoms with Gasteiger partial charge in [-0.1, -0.05) is 30.3 Å². The zero-order valence-corrected chi connectivity index (χ0v) is 15.0. The van der Waals surface area contributed by atoms with Crippen molar-refractivity contribution >= 4 is 11.5 Å². The molecule has 1 aromatic carbocycles. The lowest BCUT2D eigenvalue weighted by atomic mass is 9.77. The number of fused-ring (bicyclic) bond motifs is 1. The molecule has 2 aromatic heterocycles. The molecule has 0 unspecified atom stereocenters. The summed E-state index contributed by atoms with van der Waals surface area (Å²) in [6.07, 6.45) is 9.29. The molecule has 26 heavy (non-hydrogen) atoms. The second kappa shape index (κ2) is 6.36. The maximum absolute atomic E-state index is 4.60. The standard InChI is InChI=1S/C20H24N6/c1-2-4-17(5-3-1)14-24-10-6-20(7-11-24)8-12-25(15-20)18-19-23-22-16-26(19)13-9-21-18/h1-5,9,13,16H,6-8,10-12,14-15H2. The third-order valence-corrected chi connectivity index (χ3v) is 6.10. The van der Waals surface area contributed by atoms with Crippen LogP contribution in [0.3, 0.4) is 0 Å². The molecule has 2 fully saturated rings. The van der Waals surface area contributed by atoms with Crippen LogP contribution in [0.1, 0.15) is 24.8 Å². The third kappa shape index (κ3) is 2.84. The van der Waals surface area contributed by atoms with Gasteiger partial charge in [-0.3, -0.25) is 9.30 Å². The van der Waals surface area contributed by atoms with E-state index in [2.05, 4.69) is 55.3 Å². The van der Waals surface area contributed by atoms with E-state index < -0.39 is 0 Å². The molecule has 0 bridgehead atoms. The second-order valence-electron chi connectivity index (χ2n) is 7.75. The second-order valence-corrected chi connectivity index (χ2v) is 7.75. The Hall–Kier alpha value is -2.47. The van der Waals surface area contributed by atoms with E-state index in [1.807, 2.05) is 16.8 Å². The highest BCUT2D eigenvalue weighted by Gasteiger charge is 2.41. The molecule has 2 saturated heterocycles. The van der Waals surface area contributed by atoms with E-state index in [4.69, 9.17) is 0 Å². The third-order valence-electron chi connectivity index (χ3n) is 6.10. The first-order valence-electron chi connectivity index (χ1n) is 9.47. The van der Waals surface area contributed by atoms with Gasteiger partial charge in [-0.2, -0.15) is 0 Å². The molecule has 0 radical (unpaired) electrons. The fourth-order valence-corrected chi connectivity index (χ4v) is 4.52. The molecule has 2 aliphatic rings. The minimum Gasteiger partial charge on any atom is -0.353 e. The number of benzene rings is 1. The Kier molecular flexibility index (Phi) is 3.85. The Labute approximate surface area is 153 Å². The molecule has 6 nitrogen and oxygen atoms in total. The van der Waals surface area contributed by atoms with Crippen LogP contribution >= 0.6 is 0 Å². The van der Waals surface area contributed by atoms with Crippen LogP contribution < -0.4 is 4.90 Å². The van der Waals surface area contributed by atoms with Crippen LogP contribution in [0.2, 0.25) is 0 Å². The number of nitrogens with zero attached hydrogens (tertiary/aromatic N) is 6. The Morgan fingerprint density at radius 3 is 2.65 bits per heavy atom. The molecule has 2 aliphatic heterocycles. The number of rotatable bonds is 3. The maximum atomic E-state index is 4.60. The van der Waals surface area contributed by atoms with Gasteiger partial charge in [0, 0.05) is 32.0 Å². The summed E-state index contributed by atoms with van der Waals surface area (Å²) >= 11 is 0. The number of likely N-dealkylation sites (tertiary alicyclic amines) is 1. The van der Waals surface area contributed by atoms with Crippen LogP contribution in [0.5, 0.6) is 0 Å². The molecular weight excluding hydrogens is 324 g/mol. The highest BCUT2D eigenvalue weighted by molar-refractivity contribution is 5.63. The first-order valence-corrected chi connectivity index (χ1v) is 9.47. The van der Waals surface area contributed by atoms with Crippen molar-refractivity contribution in [3.8, 4) is 0 Å². The van der Waals surface area contributed by atoms with Gasteiger partial charge in [-0.05, 0) is 43.3 Å². The van der Waals surface area contributed by atoms with Crippen molar-refractivity contribution in [2.45, 2.75) is 25.8 Å². The molecule has 5 rings (SSSR count). The van der Waals surface area contributed by atoms with Crippen molar-refractivity contribution in [1.29, 1.82) is 0 Å². The Balaban J connectivity index is 1.26. The number of hydrogen-bond acceptors (Lipinski definition) is 5. The monoisotopic (exact) mass is 348 g/mol. The van der Waals surface area contributed by atoms with E-state index in [1.54, 1.807) is 6.33 Å². The summed E-state index contributed by atoms with van der Waals surface area (Å²) in [7, 11) is 0. The quantitative estimate of drug-likeness (QED) is 0.728. The molecule has 3 aromatic rings. The van der Waals surface area contributed by atoms with Crippen molar-refractivity contribution in [1.82, 2.24) is 24.5 Å². The zero-order valence-electron chi connectivity index (χ0n) is 15.0. The van der Waals surface area contributed by atoms with Gasteiger partial charge in [0.25, 0.3) is 0 Å². The first-order chi connectivity index (χ1) is 12.8. The maximum Gasteiger partial charge on any atom is 0.203 e. The van der Waals surface area contributed by atoms with Crippen LogP contribution in [0, 0.1) is 5.41 Å². The lowest BCUT2D eigenvalue weighted by Crippen LogP contribution is -2.41. The van der Waals surface area contributed by atoms with E-state index in [0.29, 0.717) is 5.41 Å². The smallest absolute Gasteiger partial charge is 0.203 e. The van der Waals surface area contributed by atoms with Crippen LogP contribution in [0.25, 0.3) is 5.65 Å². The first kappa shape index (κ1) is 15.8. The fourth-order valence-electron chi connectivity index (χ4n) is 4.52. The minimum absolute atomic E-state index is 0.432. The largest absolute Gasteiger partial charge is 0.353 e. The minimum atomic E-state index is 0.432. The average molecular weight is 348 g/mol. The highest BCUT2D eigenvalue weighted by atomic mass is 15.3. The van der Waals surface area contributed by atoms with Gasteiger partial charge in [-0.25, -0.2) is 4.98 Å². The number of aromatic nitrogens is 4. The van der Waals surface area contributed by atoms with E-state index >= 15 is 0 Å². The molecule has 0 saturated carbocycles. The lowest BCUT2D eigenvalue weighted by Gasteiger charge is -2.39. The Bertz CT molecular complexity index is 881. The Morgan fingerprint density at radius 1 is 1.00 bits per heavy atom. The van der Waals surface area contributed by atoms with Crippen LogP contribution in [0.15, 0.2) is 49.1 Å². The van der Waals surface area contributed by atoms with Gasteiger partial charge in [-0.15, -0.1) is 10.2 Å². The van der Waals surface area contributed by atoms with Crippen molar-refractivity contribution < 1.29 is 0 Å². The normalized spacial score (nSPS) is 20.2. The summed E-state index contributed by atoms with van der Waals surface area (Å²) < 4.78 is 1.95. The van der Waals surface area contributed by atoms with Crippen LogP contribution in [-0.2, 0) is 6.54 Å². The van der Waals surface area contributed by atoms with Gasteiger partial charge in [0.1, 0.15) is 6.33 Å². The molecule has 0 atom stereocenters. The molecule has 6 heteroatoms. The molecular formula is C20H24N6. The number of piperidine rings is 1. The molecule has 4 heterocycles. The fraction of sp³-hybridized carbons (Fsp3) is 0.450. The van der Waals surface area contributed by atoms with E-state index in [1.165, 1.54) is 37.9 Å². The van der Waals surface area contributed by atoms with Crippen LogP contribution in [-0.4, -0.2) is 50.7 Å². The SMILES string of the molecule is c1ccc(CN2CCC3(CC2)CCN(c2nccn4cnnc24)C3)cc1. The molecule has 134 valence electrons. The summed E-state index contributed by atoms with van der Waals surface area (Å²) in [4.78, 5) is 9.61. The molecule has 0 N–H and O–H groups in total. The summed E-state index contributed by atoms with van der Waals surface area (Å²) in [5, 5.41) is 8.28. The molecule has 1 spiro atoms. The van der Waals surface area contributed by atoms with Gasteiger partial charge in [0.15, 0.2) is 5.82 Å². The molecule has 0 aliphatic carbocycles. The van der Waals surface area contributed by atoms with Crippen molar-refractivity contribution in [3.05, 3.63) is 54.6 Å². The zero-order chi connectivity index (χ0) is 17.4. The van der Waals surface area contributed by atoms with Crippen molar-refractivity contribution in [2.24, 2.45) is 5.41 Å². The van der Waals surface area contributed by atoms with Gasteiger partial charge in [0.2, 0.25) is 5.65 Å². The van der Waals surface area contributed by atoms with Crippen molar-refractivity contribution in [2.75, 3.05) is 31.1 Å². The molecule has 0 amide bonds. The Morgan fingerprint density at radius 2 is 1.81 bits per heavy atom. The van der Waals surface area contributed by atoms with Gasteiger partial charge < -0.3 is 4.90 Å². The van der Waals surface area contributed by atoms with E-state index in [0.717, 1.165) is 31.1 Å². The summed E-state index contributed by atoms with van der Waals surface area (Å²) in [5.41, 5.74) is 2.71. The lowest BCUT2D eigenvalue weighted by molar-refractivity contribution is 0.115. The summed E-state index contributed by atoms with van der Waals surface area (Å²) in [6, 6.07) is 10.8. The van der Waals surface area contributed by atoms with Gasteiger partial charge >= 0.3 is 0 Å². The van der Waals surface area contributed by atoms with Gasteiger partial charge in [0.05, 0.1) is 0 Å². The average Bonchev–Trinajstić information content (AvgIpc) is 3.32. The van der Waals surface area contributed by atoms with Crippen LogP contribution in [0.4, 0.5) is 5.82 Å². The van der Waals surface area contributed by atoms with Crippen molar-refractivity contribution in [3.63, 3.8) is 0 Å². The topological polar surface area (TPSA) is 49.6 Å². The summed E-state index contributed by atoms with van der Waals surface area (Å²) in [5.74, 6) is 0.980. The predicted octanol–water partition coefficient (Wildman–Crippen LogP) is 2.62. The highest BCUT2D eigenvalue weighted by Crippen LogP contribution is 2.42. The summed E-state index contributed by atoms with van der Waals surface area (Å²) in [6.45, 7) is 5.60. The number of anilines is 1. The predicted molar refractivity (Wildman–Crippen MR) is 101 cm³/mol. The number of hydrogen-bond donors (Lipinski definition) is 0. The van der Waals surface area contributed by atoms with E-state index in [9.17, 15) is 0 Å².